The summed E-state index contributed by atoms with van der Waals surface area (Å²) >= 11 is 0. The molecule has 274 valence electrons. The lowest BCUT2D eigenvalue weighted by molar-refractivity contribution is -0.349. The molecule has 0 bridgehead atoms. The number of nitrogens with one attached hydrogen (secondary N) is 2. The SMILES string of the molecule is C=CCOC(=O)[C@@H](NC(=O)OCC1c2ccccc2-c2ccccc21)[C@@H](C)O[C@H]1O[C@H]2COC(c3ccccc3)O[C@H]2C(OC(C)=O)C1NC(C)=O. The first-order valence-corrected chi connectivity index (χ1v) is 17.1. The number of rotatable bonds is 12. The summed E-state index contributed by atoms with van der Waals surface area (Å²) in [5, 5.41) is 5.36. The van der Waals surface area contributed by atoms with Crippen molar-refractivity contribution in [2.75, 3.05) is 19.8 Å². The number of ether oxygens (including phenoxy) is 7. The van der Waals surface area contributed by atoms with Crippen LogP contribution in [-0.2, 0) is 47.5 Å². The Morgan fingerprint density at radius 3 is 2.19 bits per heavy atom. The van der Waals surface area contributed by atoms with Gasteiger partial charge in [0.05, 0.1) is 12.7 Å². The zero-order chi connectivity index (χ0) is 36.8. The van der Waals surface area contributed by atoms with Crippen molar-refractivity contribution >= 4 is 23.9 Å². The van der Waals surface area contributed by atoms with Gasteiger partial charge in [0.25, 0.3) is 0 Å². The van der Waals surface area contributed by atoms with Crippen LogP contribution in [0.2, 0.25) is 0 Å². The fourth-order valence-electron chi connectivity index (χ4n) is 6.84. The van der Waals surface area contributed by atoms with Crippen molar-refractivity contribution in [1.29, 1.82) is 0 Å². The number of alkyl carbamates (subject to hydrolysis) is 1. The van der Waals surface area contributed by atoms with E-state index in [1.54, 1.807) is 0 Å². The Bertz CT molecular complexity index is 1720. The third-order valence-electron chi connectivity index (χ3n) is 9.12. The fourth-order valence-corrected chi connectivity index (χ4v) is 6.84. The maximum atomic E-state index is 13.3. The maximum absolute atomic E-state index is 13.3. The molecule has 52 heavy (non-hydrogen) atoms. The van der Waals surface area contributed by atoms with Gasteiger partial charge in [0.2, 0.25) is 5.91 Å². The van der Waals surface area contributed by atoms with Crippen molar-refractivity contribution in [3.63, 3.8) is 0 Å². The van der Waals surface area contributed by atoms with E-state index in [2.05, 4.69) is 17.2 Å². The predicted octanol–water partition coefficient (Wildman–Crippen LogP) is 4.30. The number of esters is 2. The molecule has 13 nitrogen and oxygen atoms in total. The minimum atomic E-state index is -1.39. The molecular weight excluding hydrogens is 672 g/mol. The van der Waals surface area contributed by atoms with Gasteiger partial charge >= 0.3 is 18.0 Å². The van der Waals surface area contributed by atoms with Crippen LogP contribution in [-0.4, -0.2) is 86.5 Å². The fraction of sp³-hybridized carbons (Fsp3) is 0.385. The van der Waals surface area contributed by atoms with E-state index in [-0.39, 0.29) is 25.7 Å². The summed E-state index contributed by atoms with van der Waals surface area (Å²) < 4.78 is 41.5. The van der Waals surface area contributed by atoms with E-state index in [1.165, 1.54) is 26.8 Å². The molecule has 6 rings (SSSR count). The first-order valence-electron chi connectivity index (χ1n) is 17.1. The lowest BCUT2D eigenvalue weighted by Crippen LogP contribution is -2.68. The van der Waals surface area contributed by atoms with Gasteiger partial charge in [-0.05, 0) is 29.2 Å². The number of amides is 2. The highest BCUT2D eigenvalue weighted by atomic mass is 16.8. The van der Waals surface area contributed by atoms with Crippen LogP contribution < -0.4 is 10.6 Å². The topological polar surface area (TPSA) is 157 Å². The Balaban J connectivity index is 1.19. The smallest absolute Gasteiger partial charge is 0.407 e. The van der Waals surface area contributed by atoms with Gasteiger partial charge in [0.1, 0.15) is 31.5 Å². The Morgan fingerprint density at radius 1 is 0.904 bits per heavy atom. The summed E-state index contributed by atoms with van der Waals surface area (Å²) in [6.07, 6.45) is -5.41. The van der Waals surface area contributed by atoms with Gasteiger partial charge in [-0.1, -0.05) is 91.5 Å². The van der Waals surface area contributed by atoms with Crippen molar-refractivity contribution in [2.45, 2.75) is 75.8 Å². The van der Waals surface area contributed by atoms with Crippen LogP contribution in [0.5, 0.6) is 0 Å². The number of carbonyl (C=O) groups is 4. The summed E-state index contributed by atoms with van der Waals surface area (Å²) in [7, 11) is 0. The highest BCUT2D eigenvalue weighted by Crippen LogP contribution is 2.44. The van der Waals surface area contributed by atoms with Gasteiger partial charge < -0.3 is 43.8 Å². The Labute approximate surface area is 301 Å². The van der Waals surface area contributed by atoms with E-state index in [4.69, 9.17) is 33.2 Å². The number of fused-ring (bicyclic) bond motifs is 4. The van der Waals surface area contributed by atoms with E-state index >= 15 is 0 Å². The van der Waals surface area contributed by atoms with Crippen LogP contribution >= 0.6 is 0 Å². The molecule has 2 fully saturated rings. The van der Waals surface area contributed by atoms with Crippen molar-refractivity contribution < 1.29 is 52.3 Å². The van der Waals surface area contributed by atoms with E-state index in [9.17, 15) is 19.2 Å². The molecule has 3 aliphatic rings. The van der Waals surface area contributed by atoms with Crippen molar-refractivity contribution in [3.05, 3.63) is 108 Å². The van der Waals surface area contributed by atoms with Crippen LogP contribution in [0.3, 0.4) is 0 Å². The zero-order valence-corrected chi connectivity index (χ0v) is 29.1. The van der Waals surface area contributed by atoms with Gasteiger partial charge in [-0.2, -0.15) is 0 Å². The average molecular weight is 715 g/mol. The van der Waals surface area contributed by atoms with Crippen molar-refractivity contribution in [3.8, 4) is 11.1 Å². The minimum absolute atomic E-state index is 0.0109. The second kappa shape index (κ2) is 16.5. The van der Waals surface area contributed by atoms with E-state index in [1.807, 2.05) is 78.9 Å². The summed E-state index contributed by atoms with van der Waals surface area (Å²) in [6, 6.07) is 22.6. The van der Waals surface area contributed by atoms with Gasteiger partial charge in [0, 0.05) is 25.3 Å². The molecule has 2 amide bonds. The van der Waals surface area contributed by atoms with Crippen LogP contribution in [0.25, 0.3) is 11.1 Å². The minimum Gasteiger partial charge on any atom is -0.460 e. The summed E-state index contributed by atoms with van der Waals surface area (Å²) in [6.45, 7) is 7.57. The maximum Gasteiger partial charge on any atom is 0.407 e. The van der Waals surface area contributed by atoms with Crippen LogP contribution in [0.15, 0.2) is 91.5 Å². The number of hydrogen-bond donors (Lipinski definition) is 2. The quantitative estimate of drug-likeness (QED) is 0.157. The Kier molecular flexibility index (Phi) is 11.7. The lowest BCUT2D eigenvalue weighted by atomic mass is 9.95. The van der Waals surface area contributed by atoms with Crippen molar-refractivity contribution in [1.82, 2.24) is 10.6 Å². The van der Waals surface area contributed by atoms with Crippen LogP contribution in [0, 0.1) is 0 Å². The van der Waals surface area contributed by atoms with E-state index < -0.39 is 73.0 Å². The summed E-state index contributed by atoms with van der Waals surface area (Å²) in [5.41, 5.74) is 4.94. The monoisotopic (exact) mass is 714 g/mol. The molecule has 0 spiro atoms. The van der Waals surface area contributed by atoms with Gasteiger partial charge in [0.15, 0.2) is 24.7 Å². The zero-order valence-electron chi connectivity index (χ0n) is 29.1. The molecule has 13 heteroatoms. The molecule has 0 radical (unpaired) electrons. The molecule has 8 atom stereocenters. The Hall–Kier alpha value is -5.08. The van der Waals surface area contributed by atoms with Gasteiger partial charge in [-0.15, -0.1) is 0 Å². The van der Waals surface area contributed by atoms with E-state index in [0.29, 0.717) is 0 Å². The highest BCUT2D eigenvalue weighted by Gasteiger charge is 2.53. The Morgan fingerprint density at radius 2 is 1.56 bits per heavy atom. The van der Waals surface area contributed by atoms with Crippen molar-refractivity contribution in [2.24, 2.45) is 0 Å². The normalized spacial score (nSPS) is 24.5. The summed E-state index contributed by atoms with van der Waals surface area (Å²) in [4.78, 5) is 51.5. The molecule has 3 aromatic rings. The lowest BCUT2D eigenvalue weighted by Gasteiger charge is -2.49. The number of carbonyl (C=O) groups excluding carboxylic acids is 4. The highest BCUT2D eigenvalue weighted by molar-refractivity contribution is 5.82. The van der Waals surface area contributed by atoms with Crippen LogP contribution in [0.4, 0.5) is 4.79 Å². The van der Waals surface area contributed by atoms with Gasteiger partial charge in [-0.25, -0.2) is 9.59 Å². The second-order valence-electron chi connectivity index (χ2n) is 12.7. The largest absolute Gasteiger partial charge is 0.460 e. The molecule has 1 aliphatic carbocycles. The average Bonchev–Trinajstić information content (AvgIpc) is 3.46. The van der Waals surface area contributed by atoms with Crippen LogP contribution in [0.1, 0.15) is 49.7 Å². The first-order chi connectivity index (χ1) is 25.1. The third kappa shape index (κ3) is 8.18. The molecular formula is C39H42N2O11. The predicted molar refractivity (Wildman–Crippen MR) is 186 cm³/mol. The molecule has 3 aromatic carbocycles. The standard InChI is InChI=1S/C39H42N2O11/c1-5-19-46-36(44)32(41-39(45)48-20-30-28-17-11-9-15-26(28)27-16-10-12-18-29(27)30)22(2)49-38-33(40-23(3)42)35(50-24(4)43)34-31(51-38)21-47-37(52-34)25-13-7-6-8-14-25/h5-18,22,30-35,37-38H,1,19-21H2,2-4H3,(H,40,42)(H,41,45)/t22-,31+,32+,33?,34-,35?,37?,38+/m1/s1. The molecule has 0 aromatic heterocycles. The van der Waals surface area contributed by atoms with E-state index in [0.717, 1.165) is 27.8 Å². The summed E-state index contributed by atoms with van der Waals surface area (Å²) in [5.74, 6) is -2.12. The molecule has 2 heterocycles. The third-order valence-corrected chi connectivity index (χ3v) is 9.12. The van der Waals surface area contributed by atoms with Gasteiger partial charge in [-0.3, -0.25) is 9.59 Å². The number of benzene rings is 3. The molecule has 2 aliphatic heterocycles. The molecule has 2 saturated heterocycles. The molecule has 0 saturated carbocycles. The second-order valence-corrected chi connectivity index (χ2v) is 12.7. The number of hydrogen-bond acceptors (Lipinski definition) is 11. The first kappa shape index (κ1) is 36.7. The molecule has 2 N–H and O–H groups in total. The molecule has 3 unspecified atom stereocenters.